The van der Waals surface area contributed by atoms with Gasteiger partial charge in [0.1, 0.15) is 5.75 Å². The van der Waals surface area contributed by atoms with E-state index in [4.69, 9.17) is 27.9 Å². The second-order valence-electron chi connectivity index (χ2n) is 8.32. The Balaban J connectivity index is 1.37. The third-order valence-electron chi connectivity index (χ3n) is 6.48. The van der Waals surface area contributed by atoms with E-state index in [1.807, 2.05) is 6.07 Å². The Kier molecular flexibility index (Phi) is 5.34. The normalized spacial score (nSPS) is 25.0. The van der Waals surface area contributed by atoms with E-state index < -0.39 is 0 Å². The lowest BCUT2D eigenvalue weighted by Gasteiger charge is -2.52. The predicted molar refractivity (Wildman–Crippen MR) is 120 cm³/mol. The van der Waals surface area contributed by atoms with Gasteiger partial charge in [-0.2, -0.15) is 0 Å². The maximum Gasteiger partial charge on any atom is 0.186 e. The highest BCUT2D eigenvalue weighted by atomic mass is 35.5. The van der Waals surface area contributed by atoms with Crippen molar-refractivity contribution in [3.8, 4) is 5.75 Å². The molecular formula is C24H26Cl2N2O. The van der Waals surface area contributed by atoms with Crippen molar-refractivity contribution in [3.05, 3.63) is 69.2 Å². The largest absolute Gasteiger partial charge is 0.466 e. The first-order chi connectivity index (χ1) is 14.1. The van der Waals surface area contributed by atoms with E-state index in [-0.39, 0.29) is 5.72 Å². The average Bonchev–Trinajstić information content (AvgIpc) is 2.74. The molecule has 2 heterocycles. The van der Waals surface area contributed by atoms with E-state index >= 15 is 0 Å². The quantitative estimate of drug-likeness (QED) is 0.608. The SMILES string of the molecule is Clc1cc(Cl)c2c(c1)C=C1CCCCC1(N1CCN(Cc3ccccc3)CC1)O2. The van der Waals surface area contributed by atoms with Crippen LogP contribution >= 0.6 is 23.2 Å². The summed E-state index contributed by atoms with van der Waals surface area (Å²) in [4.78, 5) is 5.09. The molecule has 5 heteroatoms. The average molecular weight is 429 g/mol. The van der Waals surface area contributed by atoms with Crippen LogP contribution in [0.5, 0.6) is 5.75 Å². The Morgan fingerprint density at radius 2 is 1.76 bits per heavy atom. The van der Waals surface area contributed by atoms with E-state index in [0.717, 1.165) is 56.9 Å². The molecule has 2 fully saturated rings. The van der Waals surface area contributed by atoms with Crippen molar-refractivity contribution in [2.45, 2.75) is 38.0 Å². The van der Waals surface area contributed by atoms with Gasteiger partial charge in [-0.05, 0) is 48.6 Å². The zero-order valence-electron chi connectivity index (χ0n) is 16.5. The van der Waals surface area contributed by atoms with E-state index in [1.165, 1.54) is 24.0 Å². The zero-order valence-corrected chi connectivity index (χ0v) is 18.1. The van der Waals surface area contributed by atoms with Crippen molar-refractivity contribution < 1.29 is 4.74 Å². The number of hydrogen-bond acceptors (Lipinski definition) is 3. The molecule has 0 amide bonds. The van der Waals surface area contributed by atoms with Gasteiger partial charge in [0.15, 0.2) is 5.72 Å². The van der Waals surface area contributed by atoms with Crippen LogP contribution in [0.3, 0.4) is 0 Å². The third-order valence-corrected chi connectivity index (χ3v) is 6.98. The number of rotatable bonds is 3. The van der Waals surface area contributed by atoms with Gasteiger partial charge in [0.05, 0.1) is 5.02 Å². The molecule has 2 aromatic rings. The number of hydrogen-bond donors (Lipinski definition) is 0. The molecule has 3 nitrogen and oxygen atoms in total. The van der Waals surface area contributed by atoms with Crippen LogP contribution in [0, 0.1) is 0 Å². The highest BCUT2D eigenvalue weighted by Crippen LogP contribution is 2.48. The number of benzene rings is 2. The minimum atomic E-state index is -0.346. The zero-order chi connectivity index (χ0) is 19.8. The van der Waals surface area contributed by atoms with E-state index in [2.05, 4.69) is 46.2 Å². The third kappa shape index (κ3) is 3.70. The van der Waals surface area contributed by atoms with Crippen LogP contribution < -0.4 is 4.74 Å². The standard InChI is InChI=1S/C24H26Cl2N2O/c25-21-15-19-14-20-8-4-5-9-24(20,29-23(19)22(26)16-21)28-12-10-27(11-13-28)17-18-6-2-1-3-7-18/h1-3,6-7,14-16H,4-5,8-13,17H2. The molecule has 2 aromatic carbocycles. The summed E-state index contributed by atoms with van der Waals surface area (Å²) < 4.78 is 6.75. The van der Waals surface area contributed by atoms with Crippen molar-refractivity contribution in [1.82, 2.24) is 9.80 Å². The highest BCUT2D eigenvalue weighted by molar-refractivity contribution is 6.36. The number of fused-ring (bicyclic) bond motifs is 2. The van der Waals surface area contributed by atoms with Crippen molar-refractivity contribution in [1.29, 1.82) is 0 Å². The van der Waals surface area contributed by atoms with Crippen molar-refractivity contribution >= 4 is 29.3 Å². The lowest BCUT2D eigenvalue weighted by molar-refractivity contribution is -0.0927. The summed E-state index contributed by atoms with van der Waals surface area (Å²) >= 11 is 12.8. The molecule has 152 valence electrons. The monoisotopic (exact) mass is 428 g/mol. The second-order valence-corrected chi connectivity index (χ2v) is 9.16. The van der Waals surface area contributed by atoms with Gasteiger partial charge in [0.25, 0.3) is 0 Å². The topological polar surface area (TPSA) is 15.7 Å². The maximum atomic E-state index is 6.75. The number of piperazine rings is 1. The number of ether oxygens (including phenoxy) is 1. The number of nitrogens with zero attached hydrogens (tertiary/aromatic N) is 2. The van der Waals surface area contributed by atoms with Gasteiger partial charge in [-0.3, -0.25) is 9.80 Å². The lowest BCUT2D eigenvalue weighted by Crippen LogP contribution is -2.62. The minimum Gasteiger partial charge on any atom is -0.466 e. The van der Waals surface area contributed by atoms with Crippen LogP contribution in [0.1, 0.15) is 36.8 Å². The molecule has 3 aliphatic rings. The van der Waals surface area contributed by atoms with E-state index in [1.54, 1.807) is 6.07 Å². The molecule has 0 aromatic heterocycles. The molecule has 1 saturated carbocycles. The van der Waals surface area contributed by atoms with Gasteiger partial charge in [0.2, 0.25) is 0 Å². The Morgan fingerprint density at radius 1 is 0.966 bits per heavy atom. The summed E-state index contributed by atoms with van der Waals surface area (Å²) in [5.74, 6) is 0.786. The van der Waals surface area contributed by atoms with Crippen molar-refractivity contribution in [3.63, 3.8) is 0 Å². The van der Waals surface area contributed by atoms with Gasteiger partial charge in [-0.15, -0.1) is 0 Å². The Labute approximate surface area is 182 Å². The van der Waals surface area contributed by atoms with Crippen LogP contribution in [0.15, 0.2) is 48.0 Å². The smallest absolute Gasteiger partial charge is 0.186 e. The van der Waals surface area contributed by atoms with Crippen LogP contribution in [0.4, 0.5) is 0 Å². The van der Waals surface area contributed by atoms with Crippen LogP contribution in [-0.4, -0.2) is 41.7 Å². The van der Waals surface area contributed by atoms with Gasteiger partial charge < -0.3 is 4.74 Å². The first kappa shape index (κ1) is 19.4. The maximum absolute atomic E-state index is 6.75. The first-order valence-corrected chi connectivity index (χ1v) is 11.3. The van der Waals surface area contributed by atoms with Crippen LogP contribution in [0.2, 0.25) is 10.0 Å². The fourth-order valence-electron chi connectivity index (χ4n) is 5.02. The number of halogens is 2. The van der Waals surface area contributed by atoms with Crippen molar-refractivity contribution in [2.24, 2.45) is 0 Å². The van der Waals surface area contributed by atoms with E-state index in [9.17, 15) is 0 Å². The molecule has 0 spiro atoms. The molecule has 0 N–H and O–H groups in total. The van der Waals surface area contributed by atoms with Gasteiger partial charge in [-0.1, -0.05) is 53.5 Å². The van der Waals surface area contributed by atoms with Gasteiger partial charge in [-0.25, -0.2) is 0 Å². The minimum absolute atomic E-state index is 0.346. The van der Waals surface area contributed by atoms with Gasteiger partial charge in [0, 0.05) is 49.7 Å². The summed E-state index contributed by atoms with van der Waals surface area (Å²) in [6.07, 6.45) is 6.78. The highest BCUT2D eigenvalue weighted by Gasteiger charge is 2.47. The molecule has 29 heavy (non-hydrogen) atoms. The molecule has 1 aliphatic carbocycles. The van der Waals surface area contributed by atoms with Crippen LogP contribution in [0.25, 0.3) is 6.08 Å². The van der Waals surface area contributed by atoms with Crippen LogP contribution in [-0.2, 0) is 6.54 Å². The first-order valence-electron chi connectivity index (χ1n) is 10.5. The molecular weight excluding hydrogens is 403 g/mol. The summed E-state index contributed by atoms with van der Waals surface area (Å²) in [6.45, 7) is 5.12. The second kappa shape index (κ2) is 7.96. The Morgan fingerprint density at radius 3 is 2.55 bits per heavy atom. The Hall–Kier alpha value is -1.52. The molecule has 0 radical (unpaired) electrons. The Bertz CT molecular complexity index is 922. The van der Waals surface area contributed by atoms with Crippen molar-refractivity contribution in [2.75, 3.05) is 26.2 Å². The molecule has 1 unspecified atom stereocenters. The summed E-state index contributed by atoms with van der Waals surface area (Å²) in [5.41, 5.74) is 3.43. The molecule has 2 aliphatic heterocycles. The molecule has 0 bridgehead atoms. The predicted octanol–water partition coefficient (Wildman–Crippen LogP) is 5.86. The van der Waals surface area contributed by atoms with E-state index in [0.29, 0.717) is 10.0 Å². The summed E-state index contributed by atoms with van der Waals surface area (Å²) in [5, 5.41) is 1.27. The molecule has 1 atom stereocenters. The molecule has 5 rings (SSSR count). The summed E-state index contributed by atoms with van der Waals surface area (Å²) in [6, 6.07) is 14.5. The molecule has 1 saturated heterocycles. The summed E-state index contributed by atoms with van der Waals surface area (Å²) in [7, 11) is 0. The fourth-order valence-corrected chi connectivity index (χ4v) is 5.57. The van der Waals surface area contributed by atoms with Gasteiger partial charge >= 0.3 is 0 Å². The lowest BCUT2D eigenvalue weighted by atomic mass is 9.82. The fraction of sp³-hybridized carbons (Fsp3) is 0.417.